The zero-order chi connectivity index (χ0) is 20.6. The molecule has 1 aromatic carbocycles. The lowest BCUT2D eigenvalue weighted by molar-refractivity contribution is -0.661. The molecule has 0 N–H and O–H groups in total. The molecule has 25 heavy (non-hydrogen) atoms. The summed E-state index contributed by atoms with van der Waals surface area (Å²) >= 11 is 0. The summed E-state index contributed by atoms with van der Waals surface area (Å²) in [5.41, 5.74) is 7.31. The van der Waals surface area contributed by atoms with Crippen LogP contribution >= 0.6 is 0 Å². The van der Waals surface area contributed by atoms with Gasteiger partial charge in [0.2, 0.25) is 5.69 Å². The molecule has 0 atom stereocenters. The van der Waals surface area contributed by atoms with Gasteiger partial charge >= 0.3 is 0 Å². The number of aromatic nitrogens is 1. The molecular weight excluding hydrogens is 302 g/mol. The van der Waals surface area contributed by atoms with Crippen molar-refractivity contribution < 1.29 is 7.31 Å². The van der Waals surface area contributed by atoms with Gasteiger partial charge < -0.3 is 0 Å². The van der Waals surface area contributed by atoms with E-state index in [0.717, 1.165) is 24.0 Å². The Hall–Kier alpha value is -1.63. The molecule has 0 radical (unpaired) electrons. The second kappa shape index (κ2) is 6.94. The molecule has 2 rings (SSSR count). The maximum absolute atomic E-state index is 7.65. The molecule has 0 bridgehead atoms. The van der Waals surface area contributed by atoms with Crippen LogP contribution in [0.15, 0.2) is 30.5 Å². The molecule has 2 aromatic rings. The summed E-state index contributed by atoms with van der Waals surface area (Å²) < 4.78 is 17.5. The molecule has 0 saturated carbocycles. The average Bonchev–Trinajstić information content (AvgIpc) is 2.61. The predicted molar refractivity (Wildman–Crippen MR) is 109 cm³/mol. The van der Waals surface area contributed by atoms with E-state index in [0.29, 0.717) is 0 Å². The molecule has 1 heteroatoms. The Balaban J connectivity index is 2.75. The van der Waals surface area contributed by atoms with Crippen LogP contribution in [0.25, 0.3) is 11.3 Å². The van der Waals surface area contributed by atoms with Crippen LogP contribution < -0.4 is 4.57 Å². The van der Waals surface area contributed by atoms with E-state index in [1.54, 1.807) is 0 Å². The Morgan fingerprint density at radius 3 is 2.08 bits per heavy atom. The number of pyridine rings is 1. The first-order valence-corrected chi connectivity index (χ1v) is 9.44. The standard InChI is InChI=1S/C24H36N/c1-10-23(5,6)20-15-22(19-13-12-17(3)14-18(19)4)25(9)16-21(20)24(7,8)11-2/h12-16H,10-11H2,1-9H3/q+1/i3D2. The van der Waals surface area contributed by atoms with Crippen molar-refractivity contribution in [1.29, 1.82) is 0 Å². The third-order valence-corrected chi connectivity index (χ3v) is 6.03. The fraction of sp³-hybridized carbons (Fsp3) is 0.542. The van der Waals surface area contributed by atoms with Gasteiger partial charge in [0.25, 0.3) is 0 Å². The van der Waals surface area contributed by atoms with Crippen LogP contribution in [0.2, 0.25) is 0 Å². The summed E-state index contributed by atoms with van der Waals surface area (Å²) in [6, 6.07) is 8.34. The lowest BCUT2D eigenvalue weighted by Gasteiger charge is -2.32. The summed E-state index contributed by atoms with van der Waals surface area (Å²) in [6.45, 7) is 15.0. The molecule has 0 spiro atoms. The quantitative estimate of drug-likeness (QED) is 0.573. The predicted octanol–water partition coefficient (Wildman–Crippen LogP) is 6.17. The first kappa shape index (κ1) is 16.8. The van der Waals surface area contributed by atoms with Crippen molar-refractivity contribution in [3.05, 3.63) is 52.7 Å². The van der Waals surface area contributed by atoms with E-state index in [-0.39, 0.29) is 10.8 Å². The molecule has 0 amide bonds. The molecule has 1 aromatic heterocycles. The first-order chi connectivity index (χ1) is 12.4. The summed E-state index contributed by atoms with van der Waals surface area (Å²) in [5.74, 6) is 0. The molecule has 0 aliphatic heterocycles. The molecule has 0 fully saturated rings. The molecule has 136 valence electrons. The highest BCUT2D eigenvalue weighted by atomic mass is 14.9. The normalized spacial score (nSPS) is 13.8. The highest BCUT2D eigenvalue weighted by Gasteiger charge is 2.33. The third-order valence-electron chi connectivity index (χ3n) is 6.03. The number of nitrogens with zero attached hydrogens (tertiary/aromatic N) is 1. The van der Waals surface area contributed by atoms with Crippen molar-refractivity contribution in [1.82, 2.24) is 0 Å². The van der Waals surface area contributed by atoms with Gasteiger partial charge in [-0.1, -0.05) is 59.2 Å². The number of hydrogen-bond acceptors (Lipinski definition) is 0. The van der Waals surface area contributed by atoms with Crippen LogP contribution in [0.5, 0.6) is 0 Å². The summed E-state index contributed by atoms with van der Waals surface area (Å²) in [5, 5.41) is 0. The maximum Gasteiger partial charge on any atom is 0.212 e. The summed E-state index contributed by atoms with van der Waals surface area (Å²) in [7, 11) is 2.12. The van der Waals surface area contributed by atoms with Crippen molar-refractivity contribution in [3.63, 3.8) is 0 Å². The lowest BCUT2D eigenvalue weighted by Crippen LogP contribution is -2.37. The van der Waals surface area contributed by atoms with Crippen LogP contribution in [0.3, 0.4) is 0 Å². The van der Waals surface area contributed by atoms with E-state index >= 15 is 0 Å². The Morgan fingerprint density at radius 1 is 0.960 bits per heavy atom. The van der Waals surface area contributed by atoms with E-state index in [1.807, 2.05) is 12.1 Å². The second-order valence-corrected chi connectivity index (χ2v) is 8.65. The van der Waals surface area contributed by atoms with Crippen molar-refractivity contribution in [2.75, 3.05) is 0 Å². The largest absolute Gasteiger partial charge is 0.212 e. The molecule has 0 unspecified atom stereocenters. The highest BCUT2D eigenvalue weighted by molar-refractivity contribution is 5.63. The van der Waals surface area contributed by atoms with Gasteiger partial charge in [0, 0.05) is 19.9 Å². The Labute approximate surface area is 157 Å². The summed E-state index contributed by atoms with van der Waals surface area (Å²) in [6.07, 6.45) is 4.50. The van der Waals surface area contributed by atoms with Gasteiger partial charge in [0.05, 0.1) is 0 Å². The highest BCUT2D eigenvalue weighted by Crippen LogP contribution is 2.38. The average molecular weight is 341 g/mol. The smallest absolute Gasteiger partial charge is 0.201 e. The zero-order valence-corrected chi connectivity index (χ0v) is 17.3. The molecule has 1 nitrogen and oxygen atoms in total. The number of rotatable bonds is 5. The van der Waals surface area contributed by atoms with E-state index in [1.165, 1.54) is 22.4 Å². The molecule has 0 saturated heterocycles. The molecule has 0 aliphatic carbocycles. The molecular formula is C24H36N+. The molecule has 1 heterocycles. The van der Waals surface area contributed by atoms with Gasteiger partial charge in [-0.3, -0.25) is 0 Å². The van der Waals surface area contributed by atoms with Crippen LogP contribution in [0, 0.1) is 13.8 Å². The SMILES string of the molecule is [2H]C([2H])c1ccc(-c2cc(C(C)(C)CC)c(C(C)(C)CC)c[n+]2C)c(C)c1. The van der Waals surface area contributed by atoms with Crippen molar-refractivity contribution in [2.24, 2.45) is 7.05 Å². The van der Waals surface area contributed by atoms with Crippen LogP contribution in [0.4, 0.5) is 0 Å². The van der Waals surface area contributed by atoms with Crippen LogP contribution in [0.1, 0.15) is 79.4 Å². The van der Waals surface area contributed by atoms with Gasteiger partial charge in [-0.2, -0.15) is 0 Å². The van der Waals surface area contributed by atoms with Gasteiger partial charge in [-0.05, 0) is 54.7 Å². The monoisotopic (exact) mass is 340 g/mol. The minimum atomic E-state index is -0.936. The third kappa shape index (κ3) is 3.81. The van der Waals surface area contributed by atoms with Gasteiger partial charge in [0.1, 0.15) is 7.05 Å². The Morgan fingerprint density at radius 2 is 1.56 bits per heavy atom. The first-order valence-electron chi connectivity index (χ1n) is 10.6. The number of hydrogen-bond donors (Lipinski definition) is 0. The Bertz CT molecular complexity index is 819. The van der Waals surface area contributed by atoms with Crippen LogP contribution in [-0.2, 0) is 17.9 Å². The van der Waals surface area contributed by atoms with Crippen molar-refractivity contribution in [3.8, 4) is 11.3 Å². The van der Waals surface area contributed by atoms with E-state index in [9.17, 15) is 0 Å². The maximum atomic E-state index is 7.65. The van der Waals surface area contributed by atoms with Gasteiger partial charge in [0.15, 0.2) is 6.20 Å². The van der Waals surface area contributed by atoms with E-state index in [2.05, 4.69) is 78.4 Å². The topological polar surface area (TPSA) is 3.88 Å². The minimum Gasteiger partial charge on any atom is -0.201 e. The zero-order valence-electron chi connectivity index (χ0n) is 19.3. The lowest BCUT2D eigenvalue weighted by atomic mass is 9.71. The minimum absolute atomic E-state index is 0.103. The van der Waals surface area contributed by atoms with Gasteiger partial charge in [-0.15, -0.1) is 0 Å². The summed E-state index contributed by atoms with van der Waals surface area (Å²) in [4.78, 5) is 0. The van der Waals surface area contributed by atoms with Crippen LogP contribution in [-0.4, -0.2) is 0 Å². The number of aryl methyl sites for hydroxylation is 3. The van der Waals surface area contributed by atoms with Gasteiger partial charge in [-0.25, -0.2) is 4.57 Å². The van der Waals surface area contributed by atoms with Crippen molar-refractivity contribution >= 4 is 0 Å². The molecule has 0 aliphatic rings. The fourth-order valence-corrected chi connectivity index (χ4v) is 3.37. The second-order valence-electron chi connectivity index (χ2n) is 8.65. The number of benzene rings is 1. The van der Waals surface area contributed by atoms with Crippen molar-refractivity contribution in [2.45, 2.75) is 79.0 Å². The van der Waals surface area contributed by atoms with E-state index in [4.69, 9.17) is 2.74 Å². The van der Waals surface area contributed by atoms with E-state index < -0.39 is 6.88 Å². The Kier molecular flexibility index (Phi) is 4.67. The fourth-order valence-electron chi connectivity index (χ4n) is 3.37.